The molecule has 0 saturated heterocycles. The Morgan fingerprint density at radius 3 is 1.29 bits per heavy atom. The Kier molecular flexibility index (Phi) is 59.4. The van der Waals surface area contributed by atoms with Gasteiger partial charge in [-0.2, -0.15) is 0 Å². The molecule has 0 fully saturated rings. The van der Waals surface area contributed by atoms with Gasteiger partial charge in [-0.25, -0.2) is 4.79 Å². The molecule has 0 aliphatic carbocycles. The van der Waals surface area contributed by atoms with Crippen LogP contribution in [0.3, 0.4) is 0 Å². The summed E-state index contributed by atoms with van der Waals surface area (Å²) in [4.78, 5) is 8.56. The number of hydrogen-bond donors (Lipinski definition) is 2. The van der Waals surface area contributed by atoms with Gasteiger partial charge >= 0.3 is 25.9 Å². The molecule has 0 amide bonds. The minimum absolute atomic E-state index is 0. The van der Waals surface area contributed by atoms with Crippen LogP contribution in [0.15, 0.2) is 0 Å². The van der Waals surface area contributed by atoms with E-state index in [1.165, 1.54) is 0 Å². The molecule has 0 aromatic heterocycles. The van der Waals surface area contributed by atoms with Gasteiger partial charge in [0.25, 0.3) is 0 Å². The second kappa shape index (κ2) is 16.1. The minimum Gasteiger partial charge on any atom is 0 e. The molecule has 7 heavy (non-hydrogen) atoms. The van der Waals surface area contributed by atoms with Crippen molar-refractivity contribution in [2.24, 2.45) is 0 Å². The van der Waals surface area contributed by atoms with Gasteiger partial charge < -0.3 is 15.7 Å². The summed E-state index contributed by atoms with van der Waals surface area (Å²) < 4.78 is 0. The number of carboxylic acid groups (broad SMARTS) is 2. The molecule has 4 nitrogen and oxygen atoms in total. The first-order chi connectivity index (χ1) is 1.73. The summed E-state index contributed by atoms with van der Waals surface area (Å²) in [6, 6.07) is 0. The van der Waals surface area contributed by atoms with Crippen molar-refractivity contribution in [1.82, 2.24) is 0 Å². The van der Waals surface area contributed by atoms with Crippen LogP contribution in [0.4, 0.5) is 4.79 Å². The van der Waals surface area contributed by atoms with Gasteiger partial charge in [0.2, 0.25) is 0 Å². The molecule has 0 unspecified atom stereocenters. The summed E-state index contributed by atoms with van der Waals surface area (Å²) in [7, 11) is 0. The zero-order valence-corrected chi connectivity index (χ0v) is 5.98. The van der Waals surface area contributed by atoms with Crippen LogP contribution in [0.5, 0.6) is 0 Å². The van der Waals surface area contributed by atoms with Crippen molar-refractivity contribution in [3.05, 3.63) is 0 Å². The van der Waals surface area contributed by atoms with E-state index in [0.717, 1.165) is 0 Å². The Bertz CT molecular complexity index is 34.7. The normalized spacial score (nSPS) is 3.43. The molecule has 40 valence electrons. The Morgan fingerprint density at radius 2 is 1.29 bits per heavy atom. The molecule has 0 radical (unpaired) electrons. The predicted octanol–water partition coefficient (Wildman–Crippen LogP) is -1.79. The summed E-state index contributed by atoms with van der Waals surface area (Å²) >= 11 is 0. The van der Waals surface area contributed by atoms with Crippen molar-refractivity contribution < 1.29 is 40.0 Å². The topological polar surface area (TPSA) is 89.0 Å². The molecule has 4 N–H and O–H groups in total. The quantitative estimate of drug-likeness (QED) is 0.471. The maximum Gasteiger partial charge on any atom is 0 e. The summed E-state index contributed by atoms with van der Waals surface area (Å²) in [6.45, 7) is 0. The van der Waals surface area contributed by atoms with Crippen LogP contribution in [-0.2, 0) is 19.5 Å². The van der Waals surface area contributed by atoms with E-state index >= 15 is 0 Å². The zero-order valence-electron chi connectivity index (χ0n) is 3.01. The van der Waals surface area contributed by atoms with Crippen LogP contribution in [0.25, 0.3) is 0 Å². The van der Waals surface area contributed by atoms with Gasteiger partial charge in [0.05, 0.1) is 0 Å². The standard InChI is InChI=1S/CH2O3.Ga.H2O.Zn.3H/c2-1(3)4;;;;;;/h(H2,2,3,4);;1H2;;;;. The first kappa shape index (κ1) is 25.9. The van der Waals surface area contributed by atoms with E-state index in [2.05, 4.69) is 0 Å². The van der Waals surface area contributed by atoms with Crippen LogP contribution >= 0.6 is 0 Å². The van der Waals surface area contributed by atoms with Crippen molar-refractivity contribution in [3.63, 3.8) is 0 Å². The third-order valence-electron chi connectivity index (χ3n) is 0. The van der Waals surface area contributed by atoms with Crippen molar-refractivity contribution in [2.45, 2.75) is 0 Å². The smallest absolute Gasteiger partial charge is 0 e. The summed E-state index contributed by atoms with van der Waals surface area (Å²) in [5.74, 6) is 0. The first-order valence-electron chi connectivity index (χ1n) is 0.651. The Balaban J connectivity index is -0.0000000150. The number of carbonyl (C=O) groups is 1. The Hall–Kier alpha value is 0.490. The summed E-state index contributed by atoms with van der Waals surface area (Å²) in [5.41, 5.74) is 0. The molecule has 0 spiro atoms. The molecule has 0 bridgehead atoms. The average Bonchev–Trinajstić information content (AvgIpc) is 0.811. The van der Waals surface area contributed by atoms with Crippen LogP contribution in [0.1, 0.15) is 0 Å². The largest absolute Gasteiger partial charge is 0 e. The van der Waals surface area contributed by atoms with Crippen LogP contribution in [0.2, 0.25) is 0 Å². The van der Waals surface area contributed by atoms with Gasteiger partial charge in [0.15, 0.2) is 0 Å². The van der Waals surface area contributed by atoms with Crippen LogP contribution in [0, 0.1) is 0 Å². The maximum atomic E-state index is 8.56. The zero-order chi connectivity index (χ0) is 3.58. The number of rotatable bonds is 0. The van der Waals surface area contributed by atoms with Crippen molar-refractivity contribution >= 4 is 25.9 Å². The molecule has 0 rings (SSSR count). The van der Waals surface area contributed by atoms with Gasteiger partial charge in [-0.3, -0.25) is 0 Å². The third kappa shape index (κ3) is 545. The first-order valence-corrected chi connectivity index (χ1v) is 0.651. The van der Waals surface area contributed by atoms with Crippen molar-refractivity contribution in [3.8, 4) is 0 Å². The van der Waals surface area contributed by atoms with E-state index in [1.54, 1.807) is 0 Å². The Labute approximate surface area is 66.0 Å². The van der Waals surface area contributed by atoms with Crippen molar-refractivity contribution in [1.29, 1.82) is 0 Å². The number of hydrogen-bond acceptors (Lipinski definition) is 1. The molecule has 0 aliphatic heterocycles. The van der Waals surface area contributed by atoms with E-state index in [4.69, 9.17) is 15.0 Å². The van der Waals surface area contributed by atoms with Crippen LogP contribution < -0.4 is 0 Å². The second-order valence-corrected chi connectivity index (χ2v) is 0.283. The van der Waals surface area contributed by atoms with E-state index in [9.17, 15) is 0 Å². The molecule has 0 heterocycles. The van der Waals surface area contributed by atoms with E-state index in [1.807, 2.05) is 0 Å². The maximum absolute atomic E-state index is 8.56. The SMILES string of the molecule is O.O=C(O)O.[GaH3].[Zn]. The van der Waals surface area contributed by atoms with E-state index in [0.29, 0.717) is 0 Å². The molecule has 0 aromatic carbocycles. The van der Waals surface area contributed by atoms with E-state index < -0.39 is 6.16 Å². The molecule has 0 saturated carbocycles. The Morgan fingerprint density at radius 1 is 1.29 bits per heavy atom. The molecular weight excluding hydrogens is 211 g/mol. The fourth-order valence-electron chi connectivity index (χ4n) is 0. The molecule has 6 heteroatoms. The second-order valence-electron chi connectivity index (χ2n) is 0.283. The fraction of sp³-hybridized carbons (Fsp3) is 0. The molecule has 0 aliphatic rings. The predicted molar refractivity (Wildman–Crippen MR) is 24.2 cm³/mol. The molecule has 0 aromatic rings. The molecule has 0 atom stereocenters. The van der Waals surface area contributed by atoms with Crippen LogP contribution in [-0.4, -0.2) is 41.6 Å². The van der Waals surface area contributed by atoms with Gasteiger partial charge in [0, 0.05) is 19.5 Å². The van der Waals surface area contributed by atoms with Gasteiger partial charge in [0.1, 0.15) is 0 Å². The minimum atomic E-state index is -1.83. The van der Waals surface area contributed by atoms with Gasteiger partial charge in [-0.1, -0.05) is 0 Å². The van der Waals surface area contributed by atoms with Gasteiger partial charge in [-0.15, -0.1) is 0 Å². The van der Waals surface area contributed by atoms with E-state index in [-0.39, 0.29) is 44.7 Å². The average molecular weight is 218 g/mol. The third-order valence-corrected chi connectivity index (χ3v) is 0. The summed E-state index contributed by atoms with van der Waals surface area (Å²) in [6.07, 6.45) is -1.83. The summed E-state index contributed by atoms with van der Waals surface area (Å²) in [5, 5.41) is 13.9. The van der Waals surface area contributed by atoms with Crippen molar-refractivity contribution in [2.75, 3.05) is 0 Å². The molecular formula is CH7GaO4Zn. The monoisotopic (exact) mass is 216 g/mol. The fourth-order valence-corrected chi connectivity index (χ4v) is 0. The van der Waals surface area contributed by atoms with Gasteiger partial charge in [-0.05, 0) is 0 Å².